The highest BCUT2D eigenvalue weighted by atomic mass is 32.2. The summed E-state index contributed by atoms with van der Waals surface area (Å²) in [5, 5.41) is 1.81. The molecule has 25 heavy (non-hydrogen) atoms. The molecule has 0 aliphatic heterocycles. The number of rotatable bonds is 6. The molecule has 3 aromatic carbocycles. The van der Waals surface area contributed by atoms with Gasteiger partial charge in [0.2, 0.25) is 0 Å². The highest BCUT2D eigenvalue weighted by Crippen LogP contribution is 2.23. The number of carbonyl (C=O) groups excluding carboxylic acids is 1. The maximum Gasteiger partial charge on any atom is 0.339 e. The van der Waals surface area contributed by atoms with E-state index < -0.39 is 10.1 Å². The molecule has 0 radical (unpaired) electrons. The van der Waals surface area contributed by atoms with Crippen molar-refractivity contribution in [3.05, 3.63) is 72.3 Å². The molecule has 128 valence electrons. The molecule has 3 aromatic rings. The van der Waals surface area contributed by atoms with E-state index in [2.05, 4.69) is 0 Å². The fraction of sp³-hybridized carbons (Fsp3) is 0.150. The van der Waals surface area contributed by atoms with E-state index in [-0.39, 0.29) is 16.4 Å². The maximum absolute atomic E-state index is 12.5. The highest BCUT2D eigenvalue weighted by Gasteiger charge is 2.17. The number of carbonyl (C=O) groups is 1. The van der Waals surface area contributed by atoms with Gasteiger partial charge in [-0.25, -0.2) is 0 Å². The van der Waals surface area contributed by atoms with Crippen LogP contribution in [0, 0.1) is 0 Å². The molecule has 0 fully saturated rings. The molecule has 4 nitrogen and oxygen atoms in total. The molecule has 5 heteroatoms. The first-order valence-corrected chi connectivity index (χ1v) is 9.36. The summed E-state index contributed by atoms with van der Waals surface area (Å²) >= 11 is 0. The zero-order chi connectivity index (χ0) is 17.9. The lowest BCUT2D eigenvalue weighted by Gasteiger charge is -2.09. The van der Waals surface area contributed by atoms with Crippen LogP contribution in [0.1, 0.15) is 18.9 Å². The van der Waals surface area contributed by atoms with Crippen LogP contribution in [0.4, 0.5) is 0 Å². The first kappa shape index (κ1) is 17.2. The standard InChI is InChI=1S/C20H18O4S/c1-15(21)6-7-16-8-11-19(12-9-16)24-25(22,23)20-13-10-17-4-2-3-5-18(17)14-20/h2-5,8-14H,6-7H2,1H3. The summed E-state index contributed by atoms with van der Waals surface area (Å²) in [6.07, 6.45) is 1.10. The van der Waals surface area contributed by atoms with E-state index >= 15 is 0 Å². The van der Waals surface area contributed by atoms with Gasteiger partial charge in [-0.2, -0.15) is 8.42 Å². The minimum atomic E-state index is -3.90. The van der Waals surface area contributed by atoms with Gasteiger partial charge in [0.1, 0.15) is 16.4 Å². The minimum absolute atomic E-state index is 0.117. The van der Waals surface area contributed by atoms with Crippen molar-refractivity contribution in [1.82, 2.24) is 0 Å². The molecule has 0 aromatic heterocycles. The van der Waals surface area contributed by atoms with Crippen LogP contribution in [0.25, 0.3) is 10.8 Å². The minimum Gasteiger partial charge on any atom is -0.379 e. The van der Waals surface area contributed by atoms with Crippen LogP contribution < -0.4 is 4.18 Å². The summed E-state index contributed by atoms with van der Waals surface area (Å²) in [5.41, 5.74) is 0.964. The van der Waals surface area contributed by atoms with Crippen molar-refractivity contribution in [2.45, 2.75) is 24.7 Å². The van der Waals surface area contributed by atoms with Crippen LogP contribution in [-0.4, -0.2) is 14.2 Å². The summed E-state index contributed by atoms with van der Waals surface area (Å²) < 4.78 is 30.2. The van der Waals surface area contributed by atoms with Crippen molar-refractivity contribution < 1.29 is 17.4 Å². The molecule has 0 heterocycles. The van der Waals surface area contributed by atoms with E-state index in [0.717, 1.165) is 16.3 Å². The second-order valence-corrected chi connectivity index (χ2v) is 7.44. The second-order valence-electron chi connectivity index (χ2n) is 5.89. The number of ketones is 1. The Morgan fingerprint density at radius 2 is 1.60 bits per heavy atom. The van der Waals surface area contributed by atoms with Gasteiger partial charge in [-0.3, -0.25) is 0 Å². The van der Waals surface area contributed by atoms with Gasteiger partial charge in [0.05, 0.1) is 0 Å². The van der Waals surface area contributed by atoms with E-state index in [1.54, 1.807) is 49.4 Å². The fourth-order valence-corrected chi connectivity index (χ4v) is 3.50. The molecule has 0 saturated carbocycles. The first-order chi connectivity index (χ1) is 11.9. The van der Waals surface area contributed by atoms with Crippen LogP contribution in [-0.2, 0) is 21.3 Å². The van der Waals surface area contributed by atoms with Crippen molar-refractivity contribution in [3.8, 4) is 5.75 Å². The maximum atomic E-state index is 12.5. The topological polar surface area (TPSA) is 60.4 Å². The van der Waals surface area contributed by atoms with Gasteiger partial charge in [0.25, 0.3) is 0 Å². The largest absolute Gasteiger partial charge is 0.379 e. The van der Waals surface area contributed by atoms with Gasteiger partial charge in [-0.1, -0.05) is 42.5 Å². The Morgan fingerprint density at radius 3 is 2.28 bits per heavy atom. The molecular formula is C20H18O4S. The summed E-state index contributed by atoms with van der Waals surface area (Å²) in [6, 6.07) is 19.2. The lowest BCUT2D eigenvalue weighted by Crippen LogP contribution is -2.09. The molecule has 0 bridgehead atoms. The Labute approximate surface area is 147 Å². The summed E-state index contributed by atoms with van der Waals surface area (Å²) in [5.74, 6) is 0.374. The summed E-state index contributed by atoms with van der Waals surface area (Å²) in [7, 11) is -3.90. The Hall–Kier alpha value is -2.66. The van der Waals surface area contributed by atoms with Gasteiger partial charge in [-0.15, -0.1) is 0 Å². The van der Waals surface area contributed by atoms with Gasteiger partial charge in [0, 0.05) is 6.42 Å². The Balaban J connectivity index is 1.79. The van der Waals surface area contributed by atoms with Crippen molar-refractivity contribution >= 4 is 26.7 Å². The predicted molar refractivity (Wildman–Crippen MR) is 97.2 cm³/mol. The Bertz CT molecular complexity index is 1010. The molecule has 0 aliphatic rings. The molecule has 0 atom stereocenters. The number of Topliss-reactive ketones (excluding diaryl/α,β-unsaturated/α-hetero) is 1. The number of hydrogen-bond donors (Lipinski definition) is 0. The normalized spacial score (nSPS) is 11.4. The third kappa shape index (κ3) is 4.25. The van der Waals surface area contributed by atoms with Crippen LogP contribution in [0.15, 0.2) is 71.6 Å². The van der Waals surface area contributed by atoms with E-state index in [0.29, 0.717) is 12.8 Å². The van der Waals surface area contributed by atoms with Gasteiger partial charge < -0.3 is 8.98 Å². The second kappa shape index (κ2) is 7.07. The molecular weight excluding hydrogens is 336 g/mol. The lowest BCUT2D eigenvalue weighted by atomic mass is 10.1. The van der Waals surface area contributed by atoms with Crippen molar-refractivity contribution in [2.75, 3.05) is 0 Å². The van der Waals surface area contributed by atoms with Crippen molar-refractivity contribution in [3.63, 3.8) is 0 Å². The molecule has 3 rings (SSSR count). The van der Waals surface area contributed by atoms with Crippen LogP contribution in [0.2, 0.25) is 0 Å². The van der Waals surface area contributed by atoms with Crippen LogP contribution >= 0.6 is 0 Å². The third-order valence-electron chi connectivity index (χ3n) is 3.90. The van der Waals surface area contributed by atoms with E-state index in [4.69, 9.17) is 4.18 Å². The van der Waals surface area contributed by atoms with Gasteiger partial charge in [-0.05, 0) is 53.9 Å². The van der Waals surface area contributed by atoms with E-state index in [1.165, 1.54) is 0 Å². The van der Waals surface area contributed by atoms with E-state index in [1.807, 2.05) is 24.3 Å². The SMILES string of the molecule is CC(=O)CCc1ccc(OS(=O)(=O)c2ccc3ccccc3c2)cc1. The monoisotopic (exact) mass is 354 g/mol. The third-order valence-corrected chi connectivity index (χ3v) is 5.15. The van der Waals surface area contributed by atoms with Gasteiger partial charge in [0.15, 0.2) is 0 Å². The average molecular weight is 354 g/mol. The van der Waals surface area contributed by atoms with Crippen LogP contribution in [0.5, 0.6) is 5.75 Å². The average Bonchev–Trinajstić information content (AvgIpc) is 2.60. The lowest BCUT2D eigenvalue weighted by molar-refractivity contribution is -0.116. The van der Waals surface area contributed by atoms with Crippen molar-refractivity contribution in [1.29, 1.82) is 0 Å². The smallest absolute Gasteiger partial charge is 0.339 e. The molecule has 0 aliphatic carbocycles. The summed E-state index contributed by atoms with van der Waals surface area (Å²) in [4.78, 5) is 11.1. The molecule has 0 N–H and O–H groups in total. The fourth-order valence-electron chi connectivity index (χ4n) is 2.53. The van der Waals surface area contributed by atoms with Crippen LogP contribution in [0.3, 0.4) is 0 Å². The zero-order valence-corrected chi connectivity index (χ0v) is 14.6. The number of fused-ring (bicyclic) bond motifs is 1. The zero-order valence-electron chi connectivity index (χ0n) is 13.8. The molecule has 0 spiro atoms. The molecule has 0 unspecified atom stereocenters. The number of hydrogen-bond acceptors (Lipinski definition) is 4. The number of aryl methyl sites for hydroxylation is 1. The first-order valence-electron chi connectivity index (χ1n) is 7.96. The van der Waals surface area contributed by atoms with Gasteiger partial charge >= 0.3 is 10.1 Å². The van der Waals surface area contributed by atoms with E-state index in [9.17, 15) is 13.2 Å². The number of benzene rings is 3. The van der Waals surface area contributed by atoms with Crippen molar-refractivity contribution in [2.24, 2.45) is 0 Å². The predicted octanol–water partition coefficient (Wildman–Crippen LogP) is 4.13. The Morgan fingerprint density at radius 1 is 0.920 bits per heavy atom. The quantitative estimate of drug-likeness (QED) is 0.625. The highest BCUT2D eigenvalue weighted by molar-refractivity contribution is 7.87. The Kier molecular flexibility index (Phi) is 4.86. The summed E-state index contributed by atoms with van der Waals surface area (Å²) in [6.45, 7) is 1.55. The molecule has 0 saturated heterocycles. The molecule has 0 amide bonds.